The predicted molar refractivity (Wildman–Crippen MR) is 101 cm³/mol. The average Bonchev–Trinajstić information content (AvgIpc) is 2.51. The highest BCUT2D eigenvalue weighted by molar-refractivity contribution is 14.1. The number of amides is 1. The van der Waals surface area contributed by atoms with Gasteiger partial charge in [-0.1, -0.05) is 0 Å². The van der Waals surface area contributed by atoms with E-state index in [1.54, 1.807) is 31.2 Å². The number of anilines is 1. The molecule has 0 saturated carbocycles. The van der Waals surface area contributed by atoms with E-state index in [0.29, 0.717) is 0 Å². The third-order valence-electron chi connectivity index (χ3n) is 3.24. The Kier molecular flexibility index (Phi) is 5.97. The summed E-state index contributed by atoms with van der Waals surface area (Å²) in [7, 11) is 0. The standard InChI is InChI=1S/C17H18IN3O2/c1-11-9-14(18)5-8-16(11)20-12(2)17(23)21-19-10-13-3-6-15(22)7-4-13/h3-10,12,20,22H,1-2H3,(H,21,23)/b19-10-/t12-/m1/s1. The molecular weight excluding hydrogens is 405 g/mol. The van der Waals surface area contributed by atoms with Gasteiger partial charge >= 0.3 is 0 Å². The molecule has 0 spiro atoms. The van der Waals surface area contributed by atoms with Crippen LogP contribution in [0.3, 0.4) is 0 Å². The summed E-state index contributed by atoms with van der Waals surface area (Å²) < 4.78 is 1.15. The Bertz CT molecular complexity index is 714. The number of phenols is 1. The number of benzene rings is 2. The van der Waals surface area contributed by atoms with Crippen LogP contribution in [-0.2, 0) is 4.79 Å². The molecule has 1 amide bonds. The van der Waals surface area contributed by atoms with Crippen molar-refractivity contribution in [2.45, 2.75) is 19.9 Å². The van der Waals surface area contributed by atoms with Gasteiger partial charge in [-0.15, -0.1) is 0 Å². The summed E-state index contributed by atoms with van der Waals surface area (Å²) in [4.78, 5) is 12.0. The fourth-order valence-electron chi connectivity index (χ4n) is 1.92. The largest absolute Gasteiger partial charge is 0.508 e. The number of nitrogens with zero attached hydrogens (tertiary/aromatic N) is 1. The van der Waals surface area contributed by atoms with Crippen molar-refractivity contribution in [1.29, 1.82) is 0 Å². The summed E-state index contributed by atoms with van der Waals surface area (Å²) in [6, 6.07) is 12.1. The first kappa shape index (κ1) is 17.3. The molecule has 0 heterocycles. The number of carbonyl (C=O) groups is 1. The molecule has 120 valence electrons. The molecule has 1 atom stereocenters. The summed E-state index contributed by atoms with van der Waals surface area (Å²) in [5, 5.41) is 16.3. The Morgan fingerprint density at radius 1 is 1.26 bits per heavy atom. The van der Waals surface area contributed by atoms with Crippen LogP contribution in [0.2, 0.25) is 0 Å². The number of phenolic OH excluding ortho intramolecular Hbond substituents is 1. The molecule has 0 saturated heterocycles. The Morgan fingerprint density at radius 3 is 2.61 bits per heavy atom. The van der Waals surface area contributed by atoms with Gasteiger partial charge in [0.2, 0.25) is 0 Å². The third-order valence-corrected chi connectivity index (χ3v) is 3.91. The van der Waals surface area contributed by atoms with Gasteiger partial charge in [0.25, 0.3) is 5.91 Å². The summed E-state index contributed by atoms with van der Waals surface area (Å²) in [6.07, 6.45) is 1.53. The highest BCUT2D eigenvalue weighted by Crippen LogP contribution is 2.18. The van der Waals surface area contributed by atoms with Crippen LogP contribution in [-0.4, -0.2) is 23.3 Å². The molecule has 23 heavy (non-hydrogen) atoms. The molecule has 5 nitrogen and oxygen atoms in total. The van der Waals surface area contributed by atoms with Crippen molar-refractivity contribution in [1.82, 2.24) is 5.43 Å². The van der Waals surface area contributed by atoms with Crippen LogP contribution in [0.1, 0.15) is 18.1 Å². The summed E-state index contributed by atoms with van der Waals surface area (Å²) in [6.45, 7) is 3.78. The zero-order valence-electron chi connectivity index (χ0n) is 12.9. The summed E-state index contributed by atoms with van der Waals surface area (Å²) >= 11 is 2.25. The number of nitrogens with one attached hydrogen (secondary N) is 2. The van der Waals surface area contributed by atoms with Crippen molar-refractivity contribution in [3.8, 4) is 5.75 Å². The maximum absolute atomic E-state index is 12.0. The Balaban J connectivity index is 1.90. The number of rotatable bonds is 5. The van der Waals surface area contributed by atoms with Crippen molar-refractivity contribution in [3.05, 3.63) is 57.2 Å². The van der Waals surface area contributed by atoms with Crippen molar-refractivity contribution in [2.24, 2.45) is 5.10 Å². The molecular formula is C17H18IN3O2. The molecule has 3 N–H and O–H groups in total. The minimum absolute atomic E-state index is 0.192. The van der Waals surface area contributed by atoms with Crippen LogP contribution < -0.4 is 10.7 Å². The maximum Gasteiger partial charge on any atom is 0.262 e. The van der Waals surface area contributed by atoms with Crippen LogP contribution in [0.5, 0.6) is 5.75 Å². The number of hydrazone groups is 1. The van der Waals surface area contributed by atoms with Crippen LogP contribution in [0.15, 0.2) is 47.6 Å². The first-order valence-electron chi connectivity index (χ1n) is 7.10. The zero-order valence-corrected chi connectivity index (χ0v) is 15.0. The van der Waals surface area contributed by atoms with E-state index in [1.165, 1.54) is 6.21 Å². The Labute approximate surface area is 148 Å². The lowest BCUT2D eigenvalue weighted by molar-refractivity contribution is -0.121. The second-order valence-electron chi connectivity index (χ2n) is 5.15. The second-order valence-corrected chi connectivity index (χ2v) is 6.40. The van der Waals surface area contributed by atoms with Gasteiger partial charge in [0.15, 0.2) is 0 Å². The van der Waals surface area contributed by atoms with Crippen molar-refractivity contribution >= 4 is 40.4 Å². The van der Waals surface area contributed by atoms with E-state index >= 15 is 0 Å². The van der Waals surface area contributed by atoms with Crippen LogP contribution in [0, 0.1) is 10.5 Å². The number of aryl methyl sites for hydroxylation is 1. The van der Waals surface area contributed by atoms with E-state index in [4.69, 9.17) is 0 Å². The molecule has 6 heteroatoms. The van der Waals surface area contributed by atoms with Crippen LogP contribution in [0.25, 0.3) is 0 Å². The van der Waals surface area contributed by atoms with E-state index in [2.05, 4.69) is 44.5 Å². The number of aromatic hydroxyl groups is 1. The van der Waals surface area contributed by atoms with E-state index in [-0.39, 0.29) is 11.7 Å². The van der Waals surface area contributed by atoms with Gasteiger partial charge in [0, 0.05) is 9.26 Å². The van der Waals surface area contributed by atoms with Gasteiger partial charge in [-0.3, -0.25) is 4.79 Å². The van der Waals surface area contributed by atoms with Gasteiger partial charge in [0.05, 0.1) is 6.21 Å². The topological polar surface area (TPSA) is 73.7 Å². The quantitative estimate of drug-likeness (QED) is 0.393. The minimum Gasteiger partial charge on any atom is -0.508 e. The molecule has 0 aliphatic heterocycles. The van der Waals surface area contributed by atoms with Crippen LogP contribution >= 0.6 is 22.6 Å². The van der Waals surface area contributed by atoms with E-state index in [9.17, 15) is 9.90 Å². The Morgan fingerprint density at radius 2 is 1.96 bits per heavy atom. The summed E-state index contributed by atoms with van der Waals surface area (Å²) in [5.41, 5.74) is 5.30. The van der Waals surface area contributed by atoms with Crippen molar-refractivity contribution in [3.63, 3.8) is 0 Å². The predicted octanol–water partition coefficient (Wildman–Crippen LogP) is 3.26. The normalized spacial score (nSPS) is 12.1. The molecule has 0 fully saturated rings. The molecule has 0 unspecified atom stereocenters. The highest BCUT2D eigenvalue weighted by atomic mass is 127. The minimum atomic E-state index is -0.411. The fraction of sp³-hybridized carbons (Fsp3) is 0.176. The molecule has 0 aromatic heterocycles. The van der Waals surface area contributed by atoms with E-state index < -0.39 is 6.04 Å². The van der Waals surface area contributed by atoms with Crippen LogP contribution in [0.4, 0.5) is 5.69 Å². The fourth-order valence-corrected chi connectivity index (χ4v) is 2.56. The first-order valence-corrected chi connectivity index (χ1v) is 8.18. The number of carbonyl (C=O) groups excluding carboxylic acids is 1. The molecule has 0 bridgehead atoms. The highest BCUT2D eigenvalue weighted by Gasteiger charge is 2.12. The van der Waals surface area contributed by atoms with E-state index in [1.807, 2.05) is 19.1 Å². The van der Waals surface area contributed by atoms with Gasteiger partial charge in [-0.05, 0) is 90.0 Å². The van der Waals surface area contributed by atoms with Crippen molar-refractivity contribution < 1.29 is 9.90 Å². The SMILES string of the molecule is Cc1cc(I)ccc1N[C@H](C)C(=O)N/N=C\c1ccc(O)cc1. The van der Waals surface area contributed by atoms with Gasteiger partial charge in [-0.25, -0.2) is 5.43 Å². The molecule has 2 rings (SSSR count). The zero-order chi connectivity index (χ0) is 16.8. The Hall–Kier alpha value is -2.09. The lowest BCUT2D eigenvalue weighted by Crippen LogP contribution is -2.35. The molecule has 0 aliphatic rings. The lowest BCUT2D eigenvalue weighted by atomic mass is 10.2. The monoisotopic (exact) mass is 423 g/mol. The third kappa shape index (κ3) is 5.24. The smallest absolute Gasteiger partial charge is 0.262 e. The van der Waals surface area contributed by atoms with Gasteiger partial charge in [0.1, 0.15) is 11.8 Å². The lowest BCUT2D eigenvalue weighted by Gasteiger charge is -2.15. The van der Waals surface area contributed by atoms with Gasteiger partial charge < -0.3 is 10.4 Å². The van der Waals surface area contributed by atoms with E-state index in [0.717, 1.165) is 20.4 Å². The van der Waals surface area contributed by atoms with Crippen molar-refractivity contribution in [2.75, 3.05) is 5.32 Å². The average molecular weight is 423 g/mol. The maximum atomic E-state index is 12.0. The second kappa shape index (κ2) is 7.96. The summed E-state index contributed by atoms with van der Waals surface area (Å²) in [5.74, 6) is -0.0325. The molecule has 2 aromatic rings. The molecule has 0 radical (unpaired) electrons. The number of halogens is 1. The molecule has 2 aromatic carbocycles. The molecule has 0 aliphatic carbocycles. The first-order chi connectivity index (χ1) is 11.0. The number of hydrogen-bond donors (Lipinski definition) is 3. The number of hydrogen-bond acceptors (Lipinski definition) is 4. The van der Waals surface area contributed by atoms with Gasteiger partial charge in [-0.2, -0.15) is 5.10 Å².